The van der Waals surface area contributed by atoms with Crippen molar-refractivity contribution in [2.45, 2.75) is 72.3 Å². The number of ether oxygens (including phenoxy) is 1. The van der Waals surface area contributed by atoms with Crippen molar-refractivity contribution in [1.29, 1.82) is 0 Å². The Balaban J connectivity index is 3.54. The zero-order valence-corrected chi connectivity index (χ0v) is 13.9. The van der Waals surface area contributed by atoms with Gasteiger partial charge in [-0.05, 0) is 45.8 Å². The van der Waals surface area contributed by atoms with Crippen molar-refractivity contribution < 1.29 is 9.53 Å². The third-order valence-corrected chi connectivity index (χ3v) is 3.60. The molecule has 0 radical (unpaired) electrons. The molecule has 0 fully saturated rings. The minimum atomic E-state index is -0.267. The van der Waals surface area contributed by atoms with Crippen molar-refractivity contribution >= 4 is 6.09 Å². The number of alkyl carbamates (subject to hydrolysis) is 1. The molecule has 0 heterocycles. The summed E-state index contributed by atoms with van der Waals surface area (Å²) in [6.07, 6.45) is 6.38. The summed E-state index contributed by atoms with van der Waals surface area (Å²) in [7, 11) is 0. The van der Waals surface area contributed by atoms with E-state index in [9.17, 15) is 4.79 Å². The molecule has 0 aliphatic heterocycles. The van der Waals surface area contributed by atoms with E-state index < -0.39 is 0 Å². The third-order valence-electron chi connectivity index (χ3n) is 3.60. The number of rotatable bonds is 12. The minimum Gasteiger partial charge on any atom is -0.450 e. The third kappa shape index (κ3) is 11.1. The fourth-order valence-electron chi connectivity index (χ4n) is 2.17. The normalized spacial score (nSPS) is 12.4. The van der Waals surface area contributed by atoms with E-state index in [0.717, 1.165) is 45.3 Å². The van der Waals surface area contributed by atoms with Crippen LogP contribution < -0.4 is 5.32 Å². The fraction of sp³-hybridized carbons (Fsp3) is 0.938. The van der Waals surface area contributed by atoms with Crippen molar-refractivity contribution in [1.82, 2.24) is 10.2 Å². The molecule has 0 aromatic heterocycles. The number of carbonyl (C=O) groups is 1. The number of amides is 1. The molecule has 0 saturated heterocycles. The first-order valence-corrected chi connectivity index (χ1v) is 8.29. The van der Waals surface area contributed by atoms with Gasteiger partial charge in [0.05, 0.1) is 6.61 Å². The van der Waals surface area contributed by atoms with Crippen LogP contribution in [-0.2, 0) is 4.74 Å². The Kier molecular flexibility index (Phi) is 12.7. The average molecular weight is 286 g/mol. The van der Waals surface area contributed by atoms with Crippen LogP contribution in [0.15, 0.2) is 0 Å². The molecule has 0 aliphatic rings. The van der Waals surface area contributed by atoms with E-state index in [2.05, 4.69) is 31.0 Å². The summed E-state index contributed by atoms with van der Waals surface area (Å²) in [5.74, 6) is 0. The summed E-state index contributed by atoms with van der Waals surface area (Å²) >= 11 is 0. The Morgan fingerprint density at radius 3 is 2.40 bits per heavy atom. The summed E-state index contributed by atoms with van der Waals surface area (Å²) in [5, 5.41) is 2.90. The van der Waals surface area contributed by atoms with Gasteiger partial charge in [-0.2, -0.15) is 0 Å². The predicted octanol–water partition coefficient (Wildman–Crippen LogP) is 3.80. The van der Waals surface area contributed by atoms with E-state index in [4.69, 9.17) is 4.74 Å². The zero-order valence-electron chi connectivity index (χ0n) is 13.9. The molecule has 0 spiro atoms. The second-order valence-corrected chi connectivity index (χ2v) is 5.41. The van der Waals surface area contributed by atoms with Crippen LogP contribution in [-0.4, -0.2) is 43.3 Å². The summed E-state index contributed by atoms with van der Waals surface area (Å²) in [6, 6.07) is 0.189. The second-order valence-electron chi connectivity index (χ2n) is 5.41. The molecule has 4 nitrogen and oxygen atoms in total. The Bertz CT molecular complexity index is 231. The summed E-state index contributed by atoms with van der Waals surface area (Å²) in [5.41, 5.74) is 0. The Labute approximate surface area is 125 Å². The van der Waals surface area contributed by atoms with Gasteiger partial charge in [0.2, 0.25) is 0 Å². The maximum absolute atomic E-state index is 11.6. The fourth-order valence-corrected chi connectivity index (χ4v) is 2.17. The highest BCUT2D eigenvalue weighted by Crippen LogP contribution is 2.01. The molecule has 1 amide bonds. The van der Waals surface area contributed by atoms with Crippen molar-refractivity contribution in [3.63, 3.8) is 0 Å². The smallest absolute Gasteiger partial charge is 0.407 e. The predicted molar refractivity (Wildman–Crippen MR) is 85.1 cm³/mol. The van der Waals surface area contributed by atoms with Gasteiger partial charge in [-0.25, -0.2) is 4.79 Å². The largest absolute Gasteiger partial charge is 0.450 e. The molecule has 1 unspecified atom stereocenters. The van der Waals surface area contributed by atoms with Crippen molar-refractivity contribution in [3.8, 4) is 0 Å². The molecule has 1 atom stereocenters. The van der Waals surface area contributed by atoms with Crippen LogP contribution in [0.25, 0.3) is 0 Å². The lowest BCUT2D eigenvalue weighted by molar-refractivity contribution is 0.139. The highest BCUT2D eigenvalue weighted by atomic mass is 16.5. The molecular formula is C16H34N2O2. The molecule has 0 saturated carbocycles. The lowest BCUT2D eigenvalue weighted by atomic mass is 10.2. The highest BCUT2D eigenvalue weighted by Gasteiger charge is 2.08. The lowest BCUT2D eigenvalue weighted by Crippen LogP contribution is -2.34. The zero-order chi connectivity index (χ0) is 15.2. The molecule has 0 bridgehead atoms. The number of hydrogen-bond donors (Lipinski definition) is 1. The number of nitrogens with one attached hydrogen (secondary N) is 1. The second kappa shape index (κ2) is 13.2. The van der Waals surface area contributed by atoms with Gasteiger partial charge in [0.1, 0.15) is 0 Å². The molecule has 0 aromatic rings. The molecule has 0 rings (SSSR count). The number of hydrogen-bond acceptors (Lipinski definition) is 3. The van der Waals surface area contributed by atoms with E-state index in [-0.39, 0.29) is 12.1 Å². The quantitative estimate of drug-likeness (QED) is 0.555. The van der Waals surface area contributed by atoms with Gasteiger partial charge in [0.15, 0.2) is 0 Å². The van der Waals surface area contributed by atoms with Gasteiger partial charge >= 0.3 is 6.09 Å². The van der Waals surface area contributed by atoms with E-state index in [1.54, 1.807) is 0 Å². The SMILES string of the molecule is CCCCCCOC(=O)NC(C)CCCN(CC)CC. The topological polar surface area (TPSA) is 41.6 Å². The first-order chi connectivity index (χ1) is 9.63. The van der Waals surface area contributed by atoms with Crippen molar-refractivity contribution in [2.24, 2.45) is 0 Å². The first-order valence-electron chi connectivity index (χ1n) is 8.29. The first kappa shape index (κ1) is 19.2. The summed E-state index contributed by atoms with van der Waals surface area (Å²) in [4.78, 5) is 14.0. The molecule has 20 heavy (non-hydrogen) atoms. The van der Waals surface area contributed by atoms with E-state index in [0.29, 0.717) is 6.61 Å². The lowest BCUT2D eigenvalue weighted by Gasteiger charge is -2.19. The maximum atomic E-state index is 11.6. The number of carbonyl (C=O) groups excluding carboxylic acids is 1. The molecule has 120 valence electrons. The molecule has 1 N–H and O–H groups in total. The van der Waals surface area contributed by atoms with Gasteiger partial charge in [0, 0.05) is 6.04 Å². The minimum absolute atomic E-state index is 0.189. The number of nitrogens with zero attached hydrogens (tertiary/aromatic N) is 1. The maximum Gasteiger partial charge on any atom is 0.407 e. The van der Waals surface area contributed by atoms with Crippen molar-refractivity contribution in [3.05, 3.63) is 0 Å². The van der Waals surface area contributed by atoms with Crippen LogP contribution >= 0.6 is 0 Å². The monoisotopic (exact) mass is 286 g/mol. The summed E-state index contributed by atoms with van der Waals surface area (Å²) < 4.78 is 5.17. The molecule has 0 aliphatic carbocycles. The Morgan fingerprint density at radius 2 is 1.80 bits per heavy atom. The van der Waals surface area contributed by atoms with Crippen LogP contribution in [0.2, 0.25) is 0 Å². The van der Waals surface area contributed by atoms with Crippen LogP contribution in [0.5, 0.6) is 0 Å². The van der Waals surface area contributed by atoms with E-state index in [1.807, 2.05) is 6.92 Å². The van der Waals surface area contributed by atoms with Crippen LogP contribution in [0.1, 0.15) is 66.2 Å². The van der Waals surface area contributed by atoms with Gasteiger partial charge < -0.3 is 15.0 Å². The number of unbranched alkanes of at least 4 members (excludes halogenated alkanes) is 3. The highest BCUT2D eigenvalue weighted by molar-refractivity contribution is 5.67. The van der Waals surface area contributed by atoms with Gasteiger partial charge in [0.25, 0.3) is 0 Å². The Hall–Kier alpha value is -0.770. The average Bonchev–Trinajstić information content (AvgIpc) is 2.43. The van der Waals surface area contributed by atoms with Crippen LogP contribution in [0.4, 0.5) is 4.79 Å². The van der Waals surface area contributed by atoms with Crippen LogP contribution in [0, 0.1) is 0 Å². The molecular weight excluding hydrogens is 252 g/mol. The van der Waals surface area contributed by atoms with Crippen LogP contribution in [0.3, 0.4) is 0 Å². The van der Waals surface area contributed by atoms with Crippen molar-refractivity contribution in [2.75, 3.05) is 26.2 Å². The van der Waals surface area contributed by atoms with Gasteiger partial charge in [-0.15, -0.1) is 0 Å². The molecule has 0 aromatic carbocycles. The molecule has 4 heteroatoms. The van der Waals surface area contributed by atoms with E-state index >= 15 is 0 Å². The Morgan fingerprint density at radius 1 is 1.10 bits per heavy atom. The summed E-state index contributed by atoms with van der Waals surface area (Å²) in [6.45, 7) is 12.4. The van der Waals surface area contributed by atoms with Gasteiger partial charge in [-0.3, -0.25) is 0 Å². The van der Waals surface area contributed by atoms with Gasteiger partial charge in [-0.1, -0.05) is 40.0 Å². The standard InChI is InChI=1S/C16H34N2O2/c1-5-8-9-10-14-20-16(19)17-15(4)12-11-13-18(6-2)7-3/h15H,5-14H2,1-4H3,(H,17,19). The van der Waals surface area contributed by atoms with E-state index in [1.165, 1.54) is 12.8 Å².